The fourth-order valence-electron chi connectivity index (χ4n) is 1.95. The fraction of sp³-hybridized carbons (Fsp3) is 0.583. The van der Waals surface area contributed by atoms with Crippen molar-refractivity contribution in [3.8, 4) is 0 Å². The highest BCUT2D eigenvalue weighted by atomic mass is 16.4. The second kappa shape index (κ2) is 4.70. The molecule has 1 saturated carbocycles. The van der Waals surface area contributed by atoms with Crippen molar-refractivity contribution in [2.45, 2.75) is 38.8 Å². The predicted molar refractivity (Wildman–Crippen MR) is 59.3 cm³/mol. The van der Waals surface area contributed by atoms with Gasteiger partial charge in [0.2, 0.25) is 0 Å². The number of aromatic carboxylic acids is 1. The lowest BCUT2D eigenvalue weighted by atomic mass is 9.80. The van der Waals surface area contributed by atoms with Gasteiger partial charge in [0.25, 0.3) is 0 Å². The second-order valence-corrected chi connectivity index (χ2v) is 4.47. The summed E-state index contributed by atoms with van der Waals surface area (Å²) in [6.45, 7) is 2.77. The minimum atomic E-state index is -0.943. The first-order chi connectivity index (χ1) is 7.66. The Morgan fingerprint density at radius 2 is 2.44 bits per heavy atom. The van der Waals surface area contributed by atoms with Crippen LogP contribution >= 0.6 is 0 Å². The summed E-state index contributed by atoms with van der Waals surface area (Å²) in [5.41, 5.74) is 0.216. The summed E-state index contributed by atoms with van der Waals surface area (Å²) in [5.74, 6) is 0.513. The summed E-state index contributed by atoms with van der Waals surface area (Å²) in [5, 5.41) is 12.1. The highest BCUT2D eigenvalue weighted by Crippen LogP contribution is 2.29. The van der Waals surface area contributed by atoms with Crippen LogP contribution in [0.5, 0.6) is 0 Å². The van der Waals surface area contributed by atoms with Gasteiger partial charge in [-0.1, -0.05) is 6.42 Å². The van der Waals surface area contributed by atoms with Gasteiger partial charge in [0, 0.05) is 6.04 Å². The van der Waals surface area contributed by atoms with E-state index < -0.39 is 5.97 Å². The minimum Gasteiger partial charge on any atom is -0.478 e. The third-order valence-electron chi connectivity index (χ3n) is 3.36. The number of carboxylic acids is 1. The zero-order valence-electron chi connectivity index (χ0n) is 9.40. The molecular formula is C12H17NO3. The van der Waals surface area contributed by atoms with Crippen molar-refractivity contribution in [1.29, 1.82) is 0 Å². The van der Waals surface area contributed by atoms with Gasteiger partial charge in [-0.05, 0) is 31.7 Å². The normalized spacial score (nSPS) is 18.1. The van der Waals surface area contributed by atoms with Crippen molar-refractivity contribution in [2.24, 2.45) is 5.92 Å². The standard InChI is InChI=1S/C12H17NO3/c1-8(9-3-2-4-9)13-6-11-5-10(7-16-11)12(14)15/h5,7-9,13H,2-4,6H2,1H3,(H,14,15). The number of hydrogen-bond acceptors (Lipinski definition) is 3. The van der Waals surface area contributed by atoms with Gasteiger partial charge >= 0.3 is 5.97 Å². The first-order valence-corrected chi connectivity index (χ1v) is 5.71. The van der Waals surface area contributed by atoms with Crippen LogP contribution in [0.1, 0.15) is 42.3 Å². The van der Waals surface area contributed by atoms with E-state index in [1.54, 1.807) is 6.07 Å². The zero-order chi connectivity index (χ0) is 11.5. The molecule has 2 N–H and O–H groups in total. The van der Waals surface area contributed by atoms with Crippen LogP contribution in [-0.4, -0.2) is 17.1 Å². The number of carboxylic acid groups (broad SMARTS) is 1. The molecule has 0 saturated heterocycles. The molecule has 1 aromatic rings. The Kier molecular flexibility index (Phi) is 3.29. The Morgan fingerprint density at radius 1 is 1.69 bits per heavy atom. The first-order valence-electron chi connectivity index (χ1n) is 5.71. The molecule has 4 heteroatoms. The first kappa shape index (κ1) is 11.2. The molecule has 1 aliphatic rings. The van der Waals surface area contributed by atoms with Gasteiger partial charge in [-0.15, -0.1) is 0 Å². The van der Waals surface area contributed by atoms with E-state index in [1.807, 2.05) is 0 Å². The maximum atomic E-state index is 10.6. The summed E-state index contributed by atoms with van der Waals surface area (Å²) in [6, 6.07) is 2.05. The molecule has 0 radical (unpaired) electrons. The minimum absolute atomic E-state index is 0.216. The molecule has 16 heavy (non-hydrogen) atoms. The van der Waals surface area contributed by atoms with Crippen molar-refractivity contribution in [3.63, 3.8) is 0 Å². The fourth-order valence-corrected chi connectivity index (χ4v) is 1.95. The summed E-state index contributed by atoms with van der Waals surface area (Å²) < 4.78 is 5.16. The van der Waals surface area contributed by atoms with Crippen LogP contribution in [0.4, 0.5) is 0 Å². The van der Waals surface area contributed by atoms with E-state index >= 15 is 0 Å². The Balaban J connectivity index is 1.81. The van der Waals surface area contributed by atoms with E-state index in [1.165, 1.54) is 25.5 Å². The Hall–Kier alpha value is -1.29. The Bertz CT molecular complexity index is 368. The highest BCUT2D eigenvalue weighted by molar-refractivity contribution is 5.87. The van der Waals surface area contributed by atoms with Crippen molar-refractivity contribution in [3.05, 3.63) is 23.7 Å². The zero-order valence-corrected chi connectivity index (χ0v) is 9.40. The number of rotatable bonds is 5. The second-order valence-electron chi connectivity index (χ2n) is 4.47. The molecule has 0 spiro atoms. The van der Waals surface area contributed by atoms with Crippen molar-refractivity contribution >= 4 is 5.97 Å². The molecule has 4 nitrogen and oxygen atoms in total. The molecule has 0 aliphatic heterocycles. The highest BCUT2D eigenvalue weighted by Gasteiger charge is 2.23. The molecule has 0 aromatic carbocycles. The summed E-state index contributed by atoms with van der Waals surface area (Å²) >= 11 is 0. The van der Waals surface area contributed by atoms with Crippen molar-refractivity contribution < 1.29 is 14.3 Å². The van der Waals surface area contributed by atoms with Gasteiger partial charge in [-0.25, -0.2) is 4.79 Å². The molecule has 1 heterocycles. The van der Waals surface area contributed by atoms with E-state index in [0.717, 1.165) is 5.92 Å². The lowest BCUT2D eigenvalue weighted by molar-refractivity contribution is 0.0696. The molecule has 1 aromatic heterocycles. The molecule has 0 amide bonds. The van der Waals surface area contributed by atoms with Gasteiger partial charge in [0.05, 0.1) is 12.1 Å². The smallest absolute Gasteiger partial charge is 0.338 e. The molecule has 1 atom stereocenters. The predicted octanol–water partition coefficient (Wildman–Crippen LogP) is 2.26. The van der Waals surface area contributed by atoms with Gasteiger partial charge in [0.15, 0.2) is 0 Å². The van der Waals surface area contributed by atoms with E-state index in [0.29, 0.717) is 18.3 Å². The maximum absolute atomic E-state index is 10.6. The van der Waals surface area contributed by atoms with Crippen molar-refractivity contribution in [1.82, 2.24) is 5.32 Å². The van der Waals surface area contributed by atoms with Crippen LogP contribution in [-0.2, 0) is 6.54 Å². The van der Waals surface area contributed by atoms with E-state index in [-0.39, 0.29) is 5.56 Å². The van der Waals surface area contributed by atoms with Crippen LogP contribution in [0.2, 0.25) is 0 Å². The summed E-state index contributed by atoms with van der Waals surface area (Å²) in [7, 11) is 0. The van der Waals surface area contributed by atoms with E-state index in [9.17, 15) is 4.79 Å². The molecule has 88 valence electrons. The topological polar surface area (TPSA) is 62.5 Å². The maximum Gasteiger partial charge on any atom is 0.338 e. The van der Waals surface area contributed by atoms with Gasteiger partial charge in [-0.3, -0.25) is 0 Å². The van der Waals surface area contributed by atoms with Crippen LogP contribution in [0.15, 0.2) is 16.7 Å². The third-order valence-corrected chi connectivity index (χ3v) is 3.36. The molecule has 1 fully saturated rings. The van der Waals surface area contributed by atoms with E-state index in [4.69, 9.17) is 9.52 Å². The molecule has 2 rings (SSSR count). The van der Waals surface area contributed by atoms with Crippen LogP contribution in [0.3, 0.4) is 0 Å². The van der Waals surface area contributed by atoms with Gasteiger partial charge in [0.1, 0.15) is 12.0 Å². The van der Waals surface area contributed by atoms with Crippen LogP contribution in [0.25, 0.3) is 0 Å². The van der Waals surface area contributed by atoms with Crippen LogP contribution in [0, 0.1) is 5.92 Å². The van der Waals surface area contributed by atoms with Gasteiger partial charge in [-0.2, -0.15) is 0 Å². The monoisotopic (exact) mass is 223 g/mol. The average molecular weight is 223 g/mol. The average Bonchev–Trinajstić information content (AvgIpc) is 2.60. The van der Waals surface area contributed by atoms with Gasteiger partial charge < -0.3 is 14.8 Å². The largest absolute Gasteiger partial charge is 0.478 e. The summed E-state index contributed by atoms with van der Waals surface area (Å²) in [4.78, 5) is 10.6. The number of hydrogen-bond donors (Lipinski definition) is 2. The molecule has 0 bridgehead atoms. The summed E-state index contributed by atoms with van der Waals surface area (Å²) in [6.07, 6.45) is 5.22. The lowest BCUT2D eigenvalue weighted by Crippen LogP contribution is -2.36. The third kappa shape index (κ3) is 2.44. The van der Waals surface area contributed by atoms with Crippen molar-refractivity contribution in [2.75, 3.05) is 0 Å². The number of carbonyl (C=O) groups is 1. The lowest BCUT2D eigenvalue weighted by Gasteiger charge is -2.31. The number of nitrogens with one attached hydrogen (secondary N) is 1. The van der Waals surface area contributed by atoms with Crippen LogP contribution < -0.4 is 5.32 Å². The number of furan rings is 1. The Labute approximate surface area is 94.6 Å². The SMILES string of the molecule is CC(NCc1cc(C(=O)O)co1)C1CCC1. The molecule has 1 unspecified atom stereocenters. The molecular weight excluding hydrogens is 206 g/mol. The van der Waals surface area contributed by atoms with E-state index in [2.05, 4.69) is 12.2 Å². The Morgan fingerprint density at radius 3 is 2.94 bits per heavy atom. The molecule has 1 aliphatic carbocycles. The quantitative estimate of drug-likeness (QED) is 0.803.